The lowest BCUT2D eigenvalue weighted by atomic mass is 9.90. The Labute approximate surface area is 161 Å². The number of aromatic nitrogens is 1. The molecule has 3 aromatic rings. The lowest BCUT2D eigenvalue weighted by molar-refractivity contribution is -0.147. The minimum atomic E-state index is -0.317. The maximum atomic E-state index is 12.5. The van der Waals surface area contributed by atoms with Crippen LogP contribution in [0.3, 0.4) is 0 Å². The first-order valence-electron chi connectivity index (χ1n) is 8.97. The molecule has 1 atom stereocenters. The number of carbonyl (C=O) groups is 2. The van der Waals surface area contributed by atoms with E-state index in [1.165, 1.54) is 16.9 Å². The zero-order valence-corrected chi connectivity index (χ0v) is 15.9. The highest BCUT2D eigenvalue weighted by atomic mass is 32.1. The van der Waals surface area contributed by atoms with Crippen molar-refractivity contribution in [1.82, 2.24) is 9.88 Å². The van der Waals surface area contributed by atoms with Gasteiger partial charge in [-0.25, -0.2) is 4.98 Å². The number of hydrogen-bond acceptors (Lipinski definition) is 5. The Morgan fingerprint density at radius 3 is 2.78 bits per heavy atom. The summed E-state index contributed by atoms with van der Waals surface area (Å²) in [6.45, 7) is 2.34. The Morgan fingerprint density at radius 2 is 1.96 bits per heavy atom. The van der Waals surface area contributed by atoms with Crippen LogP contribution in [0.1, 0.15) is 35.5 Å². The van der Waals surface area contributed by atoms with Crippen LogP contribution in [0.2, 0.25) is 0 Å². The maximum absolute atomic E-state index is 12.5. The largest absolute Gasteiger partial charge is 0.458 e. The van der Waals surface area contributed by atoms with Crippen molar-refractivity contribution in [3.63, 3.8) is 0 Å². The van der Waals surface area contributed by atoms with Crippen molar-refractivity contribution in [1.29, 1.82) is 0 Å². The van der Waals surface area contributed by atoms with Gasteiger partial charge in [0.2, 0.25) is 5.91 Å². The molecule has 0 fully saturated rings. The molecule has 0 spiro atoms. The number of benzene rings is 2. The second kappa shape index (κ2) is 7.48. The second-order valence-corrected chi connectivity index (χ2v) is 7.73. The highest BCUT2D eigenvalue weighted by Crippen LogP contribution is 2.32. The fourth-order valence-corrected chi connectivity index (χ4v) is 4.47. The number of hydrogen-bond donors (Lipinski definition) is 0. The van der Waals surface area contributed by atoms with E-state index < -0.39 is 0 Å². The summed E-state index contributed by atoms with van der Waals surface area (Å²) in [5.74, 6) is -0.337. The first kappa shape index (κ1) is 17.7. The van der Waals surface area contributed by atoms with Gasteiger partial charge in [-0.1, -0.05) is 36.4 Å². The molecule has 2 aromatic carbocycles. The van der Waals surface area contributed by atoms with Gasteiger partial charge in [-0.05, 0) is 29.7 Å². The Hall–Kier alpha value is -2.73. The summed E-state index contributed by atoms with van der Waals surface area (Å²) in [6, 6.07) is 15.6. The quantitative estimate of drug-likeness (QED) is 0.645. The summed E-state index contributed by atoms with van der Waals surface area (Å²) in [7, 11) is 0. The smallest absolute Gasteiger partial charge is 0.308 e. The van der Waals surface area contributed by atoms with Gasteiger partial charge >= 0.3 is 5.97 Å². The van der Waals surface area contributed by atoms with Gasteiger partial charge in [0.05, 0.1) is 22.7 Å². The summed E-state index contributed by atoms with van der Waals surface area (Å²) < 4.78 is 6.55. The van der Waals surface area contributed by atoms with Crippen molar-refractivity contribution >= 4 is 33.4 Å². The molecule has 1 aliphatic heterocycles. The van der Waals surface area contributed by atoms with Crippen LogP contribution in [0.25, 0.3) is 10.2 Å². The van der Waals surface area contributed by atoms with Crippen molar-refractivity contribution in [3.05, 3.63) is 64.7 Å². The van der Waals surface area contributed by atoms with Crippen molar-refractivity contribution in [2.24, 2.45) is 0 Å². The first-order chi connectivity index (χ1) is 13.1. The molecule has 1 unspecified atom stereocenters. The fourth-order valence-electron chi connectivity index (χ4n) is 3.59. The SMILES string of the molecule is CC(=O)N1CCc2ccccc2C1CC(=O)OCc1nc2ccccc2s1. The molecule has 1 amide bonds. The average molecular weight is 380 g/mol. The van der Waals surface area contributed by atoms with Crippen LogP contribution in [0.4, 0.5) is 0 Å². The number of para-hydroxylation sites is 1. The summed E-state index contributed by atoms with van der Waals surface area (Å²) in [5.41, 5.74) is 3.15. The summed E-state index contributed by atoms with van der Waals surface area (Å²) in [6.07, 6.45) is 0.967. The van der Waals surface area contributed by atoms with E-state index in [0.29, 0.717) is 6.54 Å². The number of carbonyl (C=O) groups excluding carboxylic acids is 2. The predicted octanol–water partition coefficient (Wildman–Crippen LogP) is 3.88. The number of rotatable bonds is 4. The van der Waals surface area contributed by atoms with E-state index in [9.17, 15) is 9.59 Å². The highest BCUT2D eigenvalue weighted by Gasteiger charge is 2.31. The monoisotopic (exact) mass is 380 g/mol. The molecule has 0 radical (unpaired) electrons. The molecular formula is C21H20N2O3S. The van der Waals surface area contributed by atoms with Crippen LogP contribution in [-0.4, -0.2) is 28.3 Å². The Balaban J connectivity index is 1.46. The Morgan fingerprint density at radius 1 is 1.19 bits per heavy atom. The lowest BCUT2D eigenvalue weighted by Gasteiger charge is -2.36. The molecule has 27 heavy (non-hydrogen) atoms. The lowest BCUT2D eigenvalue weighted by Crippen LogP contribution is -2.39. The molecule has 1 aliphatic rings. The minimum absolute atomic E-state index is 0.0199. The third-order valence-electron chi connectivity index (χ3n) is 4.87. The van der Waals surface area contributed by atoms with Gasteiger partial charge in [-0.15, -0.1) is 11.3 Å². The zero-order valence-electron chi connectivity index (χ0n) is 15.1. The van der Waals surface area contributed by atoms with Gasteiger partial charge in [0.1, 0.15) is 11.6 Å². The van der Waals surface area contributed by atoms with Crippen LogP contribution in [0, 0.1) is 0 Å². The molecule has 4 rings (SSSR count). The average Bonchev–Trinajstić information content (AvgIpc) is 3.09. The number of amides is 1. The Bertz CT molecular complexity index is 965. The van der Waals surface area contributed by atoms with Crippen molar-refractivity contribution in [2.45, 2.75) is 32.4 Å². The molecule has 5 nitrogen and oxygen atoms in total. The van der Waals surface area contributed by atoms with Gasteiger partial charge in [0.25, 0.3) is 0 Å². The number of ether oxygens (including phenoxy) is 1. The third-order valence-corrected chi connectivity index (χ3v) is 5.88. The third kappa shape index (κ3) is 3.71. The van der Waals surface area contributed by atoms with Crippen LogP contribution < -0.4 is 0 Å². The molecular weight excluding hydrogens is 360 g/mol. The molecule has 138 valence electrons. The number of thiazole rings is 1. The normalized spacial score (nSPS) is 16.2. The predicted molar refractivity (Wildman–Crippen MR) is 104 cm³/mol. The zero-order chi connectivity index (χ0) is 18.8. The van der Waals surface area contributed by atoms with Gasteiger partial charge in [-0.2, -0.15) is 0 Å². The van der Waals surface area contributed by atoms with Crippen molar-refractivity contribution in [3.8, 4) is 0 Å². The van der Waals surface area contributed by atoms with E-state index >= 15 is 0 Å². The molecule has 0 aliphatic carbocycles. The van der Waals surface area contributed by atoms with Crippen LogP contribution in [0.5, 0.6) is 0 Å². The standard InChI is InChI=1S/C21H20N2O3S/c1-14(24)23-11-10-15-6-2-3-7-16(15)18(23)12-21(25)26-13-20-22-17-8-4-5-9-19(17)27-20/h2-9,18H,10-13H2,1H3. The van der Waals surface area contributed by atoms with E-state index in [-0.39, 0.29) is 30.9 Å². The van der Waals surface area contributed by atoms with E-state index in [4.69, 9.17) is 4.74 Å². The molecule has 0 N–H and O–H groups in total. The molecule has 0 saturated heterocycles. The van der Waals surface area contributed by atoms with Gasteiger partial charge in [0, 0.05) is 13.5 Å². The van der Waals surface area contributed by atoms with Crippen LogP contribution >= 0.6 is 11.3 Å². The molecule has 6 heteroatoms. The van der Waals surface area contributed by atoms with Crippen molar-refractivity contribution < 1.29 is 14.3 Å². The topological polar surface area (TPSA) is 59.5 Å². The van der Waals surface area contributed by atoms with Gasteiger partial charge < -0.3 is 9.64 Å². The highest BCUT2D eigenvalue weighted by molar-refractivity contribution is 7.18. The van der Waals surface area contributed by atoms with E-state index in [2.05, 4.69) is 11.1 Å². The first-order valence-corrected chi connectivity index (χ1v) is 9.78. The van der Waals surface area contributed by atoms with Gasteiger partial charge in [-0.3, -0.25) is 9.59 Å². The summed E-state index contributed by atoms with van der Waals surface area (Å²) in [4.78, 5) is 30.8. The van der Waals surface area contributed by atoms with E-state index in [1.807, 2.05) is 42.5 Å². The number of fused-ring (bicyclic) bond motifs is 2. The second-order valence-electron chi connectivity index (χ2n) is 6.62. The summed E-state index contributed by atoms with van der Waals surface area (Å²) in [5, 5.41) is 0.775. The minimum Gasteiger partial charge on any atom is -0.458 e. The molecule has 0 bridgehead atoms. The molecule has 2 heterocycles. The fraction of sp³-hybridized carbons (Fsp3) is 0.286. The van der Waals surface area contributed by atoms with E-state index in [0.717, 1.165) is 27.2 Å². The summed E-state index contributed by atoms with van der Waals surface area (Å²) >= 11 is 1.53. The number of nitrogens with zero attached hydrogens (tertiary/aromatic N) is 2. The molecule has 1 aromatic heterocycles. The van der Waals surface area contributed by atoms with E-state index in [1.54, 1.807) is 11.8 Å². The van der Waals surface area contributed by atoms with Crippen LogP contribution in [-0.2, 0) is 27.4 Å². The maximum Gasteiger partial charge on any atom is 0.308 e. The number of esters is 1. The van der Waals surface area contributed by atoms with Gasteiger partial charge in [0.15, 0.2) is 0 Å². The Kier molecular flexibility index (Phi) is 4.90. The molecule has 0 saturated carbocycles. The van der Waals surface area contributed by atoms with Crippen LogP contribution in [0.15, 0.2) is 48.5 Å². The van der Waals surface area contributed by atoms with Crippen molar-refractivity contribution in [2.75, 3.05) is 6.54 Å².